The van der Waals surface area contributed by atoms with Gasteiger partial charge in [-0.25, -0.2) is 0 Å². The first-order valence-electron chi connectivity index (χ1n) is 7.56. The van der Waals surface area contributed by atoms with E-state index in [4.69, 9.17) is 0 Å². The number of aromatic nitrogens is 1. The maximum atomic E-state index is 12.5. The summed E-state index contributed by atoms with van der Waals surface area (Å²) in [5.41, 5.74) is 5.53. The highest BCUT2D eigenvalue weighted by Crippen LogP contribution is 2.37. The standard InChI is InChI=1S/C20H15NO2/c1-11-7-9-13(10-8-11)16-12(2)19(22)20(23)17-14-5-3-4-6-15(14)21-18(16)17/h3-10,21H,1-2H3. The molecule has 0 atom stereocenters. The summed E-state index contributed by atoms with van der Waals surface area (Å²) < 4.78 is 0. The Balaban J connectivity index is 2.08. The van der Waals surface area contributed by atoms with Gasteiger partial charge in [0.15, 0.2) is 0 Å². The molecule has 3 nitrogen and oxygen atoms in total. The van der Waals surface area contributed by atoms with Gasteiger partial charge in [-0.05, 0) is 25.5 Å². The lowest BCUT2D eigenvalue weighted by molar-refractivity contribution is -0.111. The van der Waals surface area contributed by atoms with Gasteiger partial charge in [-0.2, -0.15) is 0 Å². The summed E-state index contributed by atoms with van der Waals surface area (Å²) in [4.78, 5) is 28.3. The summed E-state index contributed by atoms with van der Waals surface area (Å²) in [6.07, 6.45) is 0. The van der Waals surface area contributed by atoms with Crippen molar-refractivity contribution in [3.05, 3.63) is 76.5 Å². The van der Waals surface area contributed by atoms with E-state index in [0.29, 0.717) is 11.1 Å². The molecular formula is C20H15NO2. The predicted molar refractivity (Wildman–Crippen MR) is 90.5 cm³/mol. The van der Waals surface area contributed by atoms with Crippen molar-refractivity contribution in [2.45, 2.75) is 13.8 Å². The highest BCUT2D eigenvalue weighted by atomic mass is 16.2. The summed E-state index contributed by atoms with van der Waals surface area (Å²) >= 11 is 0. The maximum absolute atomic E-state index is 12.5. The second-order valence-electron chi connectivity index (χ2n) is 5.94. The van der Waals surface area contributed by atoms with Gasteiger partial charge in [0, 0.05) is 22.0 Å². The van der Waals surface area contributed by atoms with E-state index in [0.717, 1.165) is 33.3 Å². The predicted octanol–water partition coefficient (Wildman–Crippen LogP) is 4.06. The number of allylic oxidation sites excluding steroid dienone is 1. The number of hydrogen-bond donors (Lipinski definition) is 1. The number of Topliss-reactive ketones (excluding diaryl/α,β-unsaturated/α-hetero) is 2. The van der Waals surface area contributed by atoms with E-state index in [1.165, 1.54) is 0 Å². The van der Waals surface area contributed by atoms with Gasteiger partial charge in [0.1, 0.15) is 0 Å². The number of carbonyl (C=O) groups excluding carboxylic acids is 2. The molecule has 0 unspecified atom stereocenters. The van der Waals surface area contributed by atoms with Gasteiger partial charge in [-0.1, -0.05) is 48.0 Å². The molecule has 0 amide bonds. The van der Waals surface area contributed by atoms with Crippen molar-refractivity contribution in [1.29, 1.82) is 0 Å². The average molecular weight is 301 g/mol. The van der Waals surface area contributed by atoms with Crippen molar-refractivity contribution in [3.63, 3.8) is 0 Å². The van der Waals surface area contributed by atoms with Crippen molar-refractivity contribution >= 4 is 28.0 Å². The monoisotopic (exact) mass is 301 g/mol. The van der Waals surface area contributed by atoms with Crippen molar-refractivity contribution in [2.24, 2.45) is 0 Å². The van der Waals surface area contributed by atoms with E-state index < -0.39 is 11.6 Å². The second kappa shape index (κ2) is 4.78. The van der Waals surface area contributed by atoms with Gasteiger partial charge in [0.2, 0.25) is 11.6 Å². The summed E-state index contributed by atoms with van der Waals surface area (Å²) in [6, 6.07) is 15.6. The van der Waals surface area contributed by atoms with Crippen LogP contribution in [-0.2, 0) is 4.79 Å². The number of fused-ring (bicyclic) bond motifs is 3. The third kappa shape index (κ3) is 1.90. The van der Waals surface area contributed by atoms with E-state index in [1.54, 1.807) is 6.92 Å². The number of H-pyrrole nitrogens is 1. The summed E-state index contributed by atoms with van der Waals surface area (Å²) in [5, 5.41) is 0.804. The molecular weight excluding hydrogens is 286 g/mol. The molecule has 0 saturated heterocycles. The van der Waals surface area contributed by atoms with Crippen LogP contribution < -0.4 is 0 Å². The third-order valence-electron chi connectivity index (χ3n) is 4.45. The molecule has 1 aliphatic rings. The van der Waals surface area contributed by atoms with Crippen LogP contribution in [0.15, 0.2) is 54.1 Å². The zero-order valence-corrected chi connectivity index (χ0v) is 12.9. The van der Waals surface area contributed by atoms with E-state index in [2.05, 4.69) is 4.98 Å². The molecule has 1 aromatic heterocycles. The Morgan fingerprint density at radius 3 is 2.26 bits per heavy atom. The SMILES string of the molecule is CC1=C(c2ccc(C)cc2)c2[nH]c3ccccc3c2C(=O)C1=O. The maximum Gasteiger partial charge on any atom is 0.235 e. The van der Waals surface area contributed by atoms with Crippen LogP contribution in [0.5, 0.6) is 0 Å². The fourth-order valence-corrected chi connectivity index (χ4v) is 3.23. The Kier molecular flexibility index (Phi) is 2.85. The lowest BCUT2D eigenvalue weighted by Crippen LogP contribution is -2.22. The zero-order chi connectivity index (χ0) is 16.1. The minimum absolute atomic E-state index is 0.419. The van der Waals surface area contributed by atoms with Crippen molar-refractivity contribution in [2.75, 3.05) is 0 Å². The molecule has 1 aliphatic carbocycles. The Labute approximate surface area is 133 Å². The number of benzene rings is 2. The summed E-state index contributed by atoms with van der Waals surface area (Å²) in [7, 11) is 0. The number of aryl methyl sites for hydroxylation is 1. The Morgan fingerprint density at radius 2 is 1.52 bits per heavy atom. The summed E-state index contributed by atoms with van der Waals surface area (Å²) in [6.45, 7) is 3.75. The molecule has 0 fully saturated rings. The highest BCUT2D eigenvalue weighted by Gasteiger charge is 2.34. The first-order chi connectivity index (χ1) is 11.1. The molecule has 4 rings (SSSR count). The van der Waals surface area contributed by atoms with Crippen LogP contribution >= 0.6 is 0 Å². The first kappa shape index (κ1) is 13.7. The van der Waals surface area contributed by atoms with Crippen LogP contribution in [0, 0.1) is 6.92 Å². The molecule has 1 heterocycles. The average Bonchev–Trinajstić information content (AvgIpc) is 2.93. The molecule has 0 bridgehead atoms. The number of carbonyl (C=O) groups is 2. The Hall–Kier alpha value is -2.94. The molecule has 0 aliphatic heterocycles. The Morgan fingerprint density at radius 1 is 0.826 bits per heavy atom. The number of nitrogens with one attached hydrogen (secondary N) is 1. The smallest absolute Gasteiger partial charge is 0.235 e. The van der Waals surface area contributed by atoms with Crippen LogP contribution in [0.2, 0.25) is 0 Å². The third-order valence-corrected chi connectivity index (χ3v) is 4.45. The molecule has 0 spiro atoms. The topological polar surface area (TPSA) is 49.9 Å². The minimum atomic E-state index is -0.425. The minimum Gasteiger partial charge on any atom is -0.354 e. The van der Waals surface area contributed by atoms with Crippen LogP contribution in [0.1, 0.15) is 34.1 Å². The van der Waals surface area contributed by atoms with Gasteiger partial charge in [0.05, 0.1) is 11.3 Å². The highest BCUT2D eigenvalue weighted by molar-refractivity contribution is 6.54. The number of rotatable bonds is 1. The molecule has 112 valence electrons. The van der Waals surface area contributed by atoms with E-state index in [1.807, 2.05) is 55.5 Å². The van der Waals surface area contributed by atoms with Gasteiger partial charge in [-0.15, -0.1) is 0 Å². The number of hydrogen-bond acceptors (Lipinski definition) is 2. The van der Waals surface area contributed by atoms with Gasteiger partial charge >= 0.3 is 0 Å². The van der Waals surface area contributed by atoms with Crippen LogP contribution in [0.3, 0.4) is 0 Å². The molecule has 2 aromatic carbocycles. The number of aromatic amines is 1. The molecule has 1 N–H and O–H groups in total. The summed E-state index contributed by atoms with van der Waals surface area (Å²) in [5.74, 6) is -0.844. The fraction of sp³-hybridized carbons (Fsp3) is 0.100. The number of para-hydroxylation sites is 1. The second-order valence-corrected chi connectivity index (χ2v) is 5.94. The fourth-order valence-electron chi connectivity index (χ4n) is 3.23. The first-order valence-corrected chi connectivity index (χ1v) is 7.56. The molecule has 3 heteroatoms. The Bertz CT molecular complexity index is 1000. The van der Waals surface area contributed by atoms with Crippen LogP contribution in [-0.4, -0.2) is 16.6 Å². The van der Waals surface area contributed by atoms with Crippen molar-refractivity contribution in [1.82, 2.24) is 4.98 Å². The molecule has 0 radical (unpaired) electrons. The largest absolute Gasteiger partial charge is 0.354 e. The molecule has 0 saturated carbocycles. The van der Waals surface area contributed by atoms with Gasteiger partial charge < -0.3 is 4.98 Å². The normalized spacial score (nSPS) is 14.5. The van der Waals surface area contributed by atoms with Crippen LogP contribution in [0.25, 0.3) is 16.5 Å². The van der Waals surface area contributed by atoms with E-state index in [9.17, 15) is 9.59 Å². The van der Waals surface area contributed by atoms with E-state index >= 15 is 0 Å². The van der Waals surface area contributed by atoms with Gasteiger partial charge in [0.25, 0.3) is 0 Å². The van der Waals surface area contributed by atoms with Crippen LogP contribution in [0.4, 0.5) is 0 Å². The molecule has 3 aromatic rings. The lowest BCUT2D eigenvalue weighted by Gasteiger charge is -2.17. The van der Waals surface area contributed by atoms with E-state index in [-0.39, 0.29) is 0 Å². The number of ketones is 2. The zero-order valence-electron chi connectivity index (χ0n) is 12.9. The van der Waals surface area contributed by atoms with Crippen molar-refractivity contribution in [3.8, 4) is 0 Å². The van der Waals surface area contributed by atoms with Crippen molar-refractivity contribution < 1.29 is 9.59 Å². The quantitative estimate of drug-likeness (QED) is 0.689. The lowest BCUT2D eigenvalue weighted by atomic mass is 9.84. The van der Waals surface area contributed by atoms with Gasteiger partial charge in [-0.3, -0.25) is 9.59 Å². The molecule has 23 heavy (non-hydrogen) atoms.